The van der Waals surface area contributed by atoms with Crippen molar-refractivity contribution in [3.05, 3.63) is 10.7 Å². The first-order valence-electron chi connectivity index (χ1n) is 5.69. The van der Waals surface area contributed by atoms with Gasteiger partial charge < -0.3 is 15.2 Å². The molecular weight excluding hydrogens is 286 g/mol. The third-order valence-corrected chi connectivity index (χ3v) is 2.82. The van der Waals surface area contributed by atoms with Crippen LogP contribution in [0.25, 0.3) is 0 Å². The molecule has 1 rings (SSSR count). The fourth-order valence-electron chi connectivity index (χ4n) is 1.37. The number of halogens is 1. The second-order valence-corrected chi connectivity index (χ2v) is 4.47. The Hall–Kier alpha value is -0.880. The number of hydrogen-bond acceptors (Lipinski definition) is 5. The van der Waals surface area contributed by atoms with Gasteiger partial charge in [0.05, 0.1) is 17.8 Å². The van der Waals surface area contributed by atoms with E-state index in [0.717, 1.165) is 36.7 Å². The van der Waals surface area contributed by atoms with Crippen LogP contribution < -0.4 is 10.1 Å². The summed E-state index contributed by atoms with van der Waals surface area (Å²) < 4.78 is 5.82. The highest BCUT2D eigenvalue weighted by Crippen LogP contribution is 2.21. The van der Waals surface area contributed by atoms with Crippen LogP contribution in [0.2, 0.25) is 0 Å². The van der Waals surface area contributed by atoms with Gasteiger partial charge in [-0.3, -0.25) is 0 Å². The Labute approximate surface area is 110 Å². The minimum absolute atomic E-state index is 0.278. The van der Waals surface area contributed by atoms with Crippen molar-refractivity contribution in [1.29, 1.82) is 0 Å². The van der Waals surface area contributed by atoms with Crippen molar-refractivity contribution < 1.29 is 9.84 Å². The lowest BCUT2D eigenvalue weighted by Crippen LogP contribution is -2.06. The van der Waals surface area contributed by atoms with E-state index < -0.39 is 0 Å². The third-order valence-electron chi connectivity index (χ3n) is 2.27. The van der Waals surface area contributed by atoms with Gasteiger partial charge >= 0.3 is 0 Å². The second kappa shape index (κ2) is 8.25. The molecule has 5 nitrogen and oxygen atoms in total. The molecule has 17 heavy (non-hydrogen) atoms. The zero-order chi connectivity index (χ0) is 12.5. The number of nitrogens with one attached hydrogen (secondary N) is 1. The van der Waals surface area contributed by atoms with E-state index in [1.54, 1.807) is 13.3 Å². The van der Waals surface area contributed by atoms with E-state index in [-0.39, 0.29) is 6.61 Å². The van der Waals surface area contributed by atoms with E-state index >= 15 is 0 Å². The highest BCUT2D eigenvalue weighted by Gasteiger charge is 2.03. The molecule has 96 valence electrons. The number of aromatic nitrogens is 2. The topological polar surface area (TPSA) is 67.3 Å². The first-order chi connectivity index (χ1) is 8.27. The molecule has 0 fully saturated rings. The van der Waals surface area contributed by atoms with E-state index in [0.29, 0.717) is 11.8 Å². The summed E-state index contributed by atoms with van der Waals surface area (Å²) in [4.78, 5) is 8.33. The molecule has 0 spiro atoms. The molecule has 1 aromatic heterocycles. The van der Waals surface area contributed by atoms with Gasteiger partial charge in [-0.1, -0.05) is 12.8 Å². The summed E-state index contributed by atoms with van der Waals surface area (Å²) in [6.07, 6.45) is 5.74. The van der Waals surface area contributed by atoms with Gasteiger partial charge in [0.25, 0.3) is 0 Å². The summed E-state index contributed by atoms with van der Waals surface area (Å²) in [5.74, 6) is 1.11. The van der Waals surface area contributed by atoms with Gasteiger partial charge in [-0.15, -0.1) is 0 Å². The molecule has 0 atom stereocenters. The molecular formula is C11H18BrN3O2. The molecule has 0 saturated carbocycles. The smallest absolute Gasteiger partial charge is 0.232 e. The van der Waals surface area contributed by atoms with E-state index in [4.69, 9.17) is 9.84 Å². The van der Waals surface area contributed by atoms with Crippen molar-refractivity contribution in [2.45, 2.75) is 25.7 Å². The average Bonchev–Trinajstić information content (AvgIpc) is 2.35. The maximum Gasteiger partial charge on any atom is 0.232 e. The van der Waals surface area contributed by atoms with Crippen LogP contribution >= 0.6 is 15.9 Å². The fraction of sp³-hybridized carbons (Fsp3) is 0.636. The van der Waals surface area contributed by atoms with Gasteiger partial charge in [-0.25, -0.2) is 4.98 Å². The number of aliphatic hydroxyl groups excluding tert-OH is 1. The molecule has 0 aromatic carbocycles. The van der Waals surface area contributed by atoms with Crippen LogP contribution in [0.5, 0.6) is 5.88 Å². The zero-order valence-corrected chi connectivity index (χ0v) is 11.5. The van der Waals surface area contributed by atoms with Crippen LogP contribution in [0.4, 0.5) is 5.95 Å². The van der Waals surface area contributed by atoms with Crippen molar-refractivity contribution >= 4 is 21.9 Å². The summed E-state index contributed by atoms with van der Waals surface area (Å²) in [6.45, 7) is 1.11. The Morgan fingerprint density at radius 1 is 1.35 bits per heavy atom. The van der Waals surface area contributed by atoms with Crippen molar-refractivity contribution in [3.8, 4) is 5.88 Å². The standard InChI is InChI=1S/C11H18BrN3O2/c1-17-10-9(12)8-14-11(15-10)13-6-4-2-3-5-7-16/h8,16H,2-7H2,1H3,(H,13,14,15). The number of unbranched alkanes of at least 4 members (excludes halogenated alkanes) is 3. The molecule has 0 saturated heterocycles. The van der Waals surface area contributed by atoms with Gasteiger partial charge in [-0.2, -0.15) is 4.98 Å². The quantitative estimate of drug-likeness (QED) is 0.721. The molecule has 0 unspecified atom stereocenters. The molecule has 0 radical (unpaired) electrons. The predicted octanol–water partition coefficient (Wildman–Crippen LogP) is 2.21. The number of rotatable bonds is 8. The van der Waals surface area contributed by atoms with Crippen LogP contribution in [0.15, 0.2) is 10.7 Å². The van der Waals surface area contributed by atoms with Crippen LogP contribution in [0.1, 0.15) is 25.7 Å². The Bertz CT molecular complexity index is 336. The number of anilines is 1. The highest BCUT2D eigenvalue weighted by atomic mass is 79.9. The van der Waals surface area contributed by atoms with Crippen LogP contribution in [0, 0.1) is 0 Å². The number of methoxy groups -OCH3 is 1. The van der Waals surface area contributed by atoms with E-state index in [9.17, 15) is 0 Å². The Morgan fingerprint density at radius 3 is 2.82 bits per heavy atom. The molecule has 6 heteroatoms. The minimum Gasteiger partial charge on any atom is -0.480 e. The summed E-state index contributed by atoms with van der Waals surface area (Å²) in [5.41, 5.74) is 0. The molecule has 0 aliphatic heterocycles. The second-order valence-electron chi connectivity index (χ2n) is 3.62. The van der Waals surface area contributed by atoms with Gasteiger partial charge in [-0.05, 0) is 28.8 Å². The molecule has 0 aliphatic carbocycles. The first-order valence-corrected chi connectivity index (χ1v) is 6.48. The van der Waals surface area contributed by atoms with Gasteiger partial charge in [0.15, 0.2) is 0 Å². The van der Waals surface area contributed by atoms with Gasteiger partial charge in [0.1, 0.15) is 0 Å². The number of aliphatic hydroxyl groups is 1. The lowest BCUT2D eigenvalue weighted by Gasteiger charge is -2.06. The summed E-state index contributed by atoms with van der Waals surface area (Å²) >= 11 is 3.30. The minimum atomic E-state index is 0.278. The zero-order valence-electron chi connectivity index (χ0n) is 9.95. The normalized spacial score (nSPS) is 10.3. The summed E-state index contributed by atoms with van der Waals surface area (Å²) in [6, 6.07) is 0. The predicted molar refractivity (Wildman–Crippen MR) is 70.3 cm³/mol. The highest BCUT2D eigenvalue weighted by molar-refractivity contribution is 9.10. The summed E-state index contributed by atoms with van der Waals surface area (Å²) in [7, 11) is 1.58. The Morgan fingerprint density at radius 2 is 2.12 bits per heavy atom. The Kier molecular flexibility index (Phi) is 6.88. The first kappa shape index (κ1) is 14.2. The average molecular weight is 304 g/mol. The monoisotopic (exact) mass is 303 g/mol. The number of hydrogen-bond donors (Lipinski definition) is 2. The molecule has 0 aliphatic rings. The number of nitrogens with zero attached hydrogens (tertiary/aromatic N) is 2. The lowest BCUT2D eigenvalue weighted by atomic mass is 10.2. The maximum atomic E-state index is 8.63. The molecule has 0 amide bonds. The lowest BCUT2D eigenvalue weighted by molar-refractivity contribution is 0.283. The van der Waals surface area contributed by atoms with E-state index in [1.165, 1.54) is 0 Å². The molecule has 1 aromatic rings. The third kappa shape index (κ3) is 5.32. The van der Waals surface area contributed by atoms with Crippen LogP contribution in [0.3, 0.4) is 0 Å². The maximum absolute atomic E-state index is 8.63. The SMILES string of the molecule is COc1nc(NCCCCCCO)ncc1Br. The van der Waals surface area contributed by atoms with E-state index in [1.807, 2.05) is 0 Å². The largest absolute Gasteiger partial charge is 0.480 e. The Balaban J connectivity index is 2.27. The van der Waals surface area contributed by atoms with Crippen molar-refractivity contribution in [3.63, 3.8) is 0 Å². The van der Waals surface area contributed by atoms with Crippen LogP contribution in [-0.4, -0.2) is 35.3 Å². The van der Waals surface area contributed by atoms with Crippen LogP contribution in [-0.2, 0) is 0 Å². The molecule has 2 N–H and O–H groups in total. The summed E-state index contributed by atoms with van der Waals surface area (Å²) in [5, 5.41) is 11.8. The molecule has 0 bridgehead atoms. The van der Waals surface area contributed by atoms with Gasteiger partial charge in [0.2, 0.25) is 11.8 Å². The van der Waals surface area contributed by atoms with Crippen molar-refractivity contribution in [2.24, 2.45) is 0 Å². The van der Waals surface area contributed by atoms with Gasteiger partial charge in [0, 0.05) is 13.2 Å². The fourth-order valence-corrected chi connectivity index (χ4v) is 1.72. The van der Waals surface area contributed by atoms with Crippen molar-refractivity contribution in [1.82, 2.24) is 9.97 Å². The van der Waals surface area contributed by atoms with E-state index in [2.05, 4.69) is 31.2 Å². The number of ether oxygens (including phenoxy) is 1. The van der Waals surface area contributed by atoms with Crippen molar-refractivity contribution in [2.75, 3.05) is 25.6 Å². The molecule has 1 heterocycles.